The van der Waals surface area contributed by atoms with Gasteiger partial charge in [-0.1, -0.05) is 13.0 Å². The molecule has 1 atom stereocenters. The van der Waals surface area contributed by atoms with Gasteiger partial charge in [0.1, 0.15) is 0 Å². The van der Waals surface area contributed by atoms with Crippen molar-refractivity contribution in [3.63, 3.8) is 0 Å². The average molecular weight is 246 g/mol. The maximum Gasteiger partial charge on any atom is 0.0368 e. The first-order valence-electron chi connectivity index (χ1n) is 7.17. The summed E-state index contributed by atoms with van der Waals surface area (Å²) in [6, 6.07) is 8.23. The fourth-order valence-electron chi connectivity index (χ4n) is 2.17. The van der Waals surface area contributed by atoms with Crippen LogP contribution in [0.2, 0.25) is 0 Å². The Morgan fingerprint density at radius 1 is 1.39 bits per heavy atom. The highest BCUT2D eigenvalue weighted by atomic mass is 15.1. The molecule has 0 bridgehead atoms. The molecule has 0 heterocycles. The predicted octanol–water partition coefficient (Wildman–Crippen LogP) is 3.48. The topological polar surface area (TPSA) is 15.3 Å². The van der Waals surface area contributed by atoms with Crippen molar-refractivity contribution in [2.75, 3.05) is 11.9 Å². The molecule has 1 N–H and O–H groups in total. The zero-order valence-electron chi connectivity index (χ0n) is 12.2. The average Bonchev–Trinajstić information content (AvgIpc) is 3.19. The fraction of sp³-hybridized carbons (Fsp3) is 0.625. The Morgan fingerprint density at radius 3 is 2.67 bits per heavy atom. The number of hydrogen-bond donors (Lipinski definition) is 1. The molecule has 18 heavy (non-hydrogen) atoms. The summed E-state index contributed by atoms with van der Waals surface area (Å²) in [5.41, 5.74) is 4.16. The molecule has 1 aromatic rings. The lowest BCUT2D eigenvalue weighted by atomic mass is 10.1. The van der Waals surface area contributed by atoms with Crippen LogP contribution in [-0.2, 0) is 6.54 Å². The summed E-state index contributed by atoms with van der Waals surface area (Å²) in [7, 11) is 2.19. The Labute approximate surface area is 111 Å². The first kappa shape index (κ1) is 13.4. The minimum Gasteiger partial charge on any atom is -0.372 e. The minimum absolute atomic E-state index is 0.597. The third-order valence-electron chi connectivity index (χ3n) is 4.14. The highest BCUT2D eigenvalue weighted by molar-refractivity contribution is 5.50. The first-order chi connectivity index (χ1) is 8.61. The summed E-state index contributed by atoms with van der Waals surface area (Å²) in [5, 5.41) is 3.58. The molecule has 0 spiro atoms. The van der Waals surface area contributed by atoms with E-state index in [1.807, 2.05) is 0 Å². The van der Waals surface area contributed by atoms with Gasteiger partial charge in [0.2, 0.25) is 0 Å². The van der Waals surface area contributed by atoms with Gasteiger partial charge >= 0.3 is 0 Å². The Balaban J connectivity index is 2.03. The molecule has 1 unspecified atom stereocenters. The van der Waals surface area contributed by atoms with Crippen molar-refractivity contribution < 1.29 is 0 Å². The van der Waals surface area contributed by atoms with Crippen LogP contribution in [0.4, 0.5) is 5.69 Å². The van der Waals surface area contributed by atoms with E-state index >= 15 is 0 Å². The van der Waals surface area contributed by atoms with Gasteiger partial charge in [-0.3, -0.25) is 0 Å². The SMILES string of the molecule is CCC(C)N(C)c1ccc(CNC2CC2)c(C)c1. The van der Waals surface area contributed by atoms with Crippen LogP contribution in [0.15, 0.2) is 18.2 Å². The molecule has 0 amide bonds. The summed E-state index contributed by atoms with van der Waals surface area (Å²) in [4.78, 5) is 2.37. The highest BCUT2D eigenvalue weighted by Crippen LogP contribution is 2.23. The molecule has 100 valence electrons. The second-order valence-electron chi connectivity index (χ2n) is 5.63. The van der Waals surface area contributed by atoms with E-state index in [1.165, 1.54) is 36.1 Å². The van der Waals surface area contributed by atoms with Gasteiger partial charge in [0.15, 0.2) is 0 Å². The van der Waals surface area contributed by atoms with Gasteiger partial charge < -0.3 is 10.2 Å². The van der Waals surface area contributed by atoms with Crippen LogP contribution in [0.3, 0.4) is 0 Å². The predicted molar refractivity (Wildman–Crippen MR) is 79.2 cm³/mol. The van der Waals surface area contributed by atoms with Crippen molar-refractivity contribution in [2.45, 2.75) is 58.7 Å². The normalized spacial score (nSPS) is 16.7. The van der Waals surface area contributed by atoms with Crippen LogP contribution in [0.5, 0.6) is 0 Å². The van der Waals surface area contributed by atoms with Crippen molar-refractivity contribution in [1.82, 2.24) is 5.32 Å². The van der Waals surface area contributed by atoms with Crippen LogP contribution in [0.1, 0.15) is 44.2 Å². The van der Waals surface area contributed by atoms with Crippen LogP contribution in [0, 0.1) is 6.92 Å². The van der Waals surface area contributed by atoms with Crippen molar-refractivity contribution in [2.24, 2.45) is 0 Å². The maximum absolute atomic E-state index is 3.58. The number of hydrogen-bond acceptors (Lipinski definition) is 2. The monoisotopic (exact) mass is 246 g/mol. The van der Waals surface area contributed by atoms with Crippen molar-refractivity contribution in [3.05, 3.63) is 29.3 Å². The number of anilines is 1. The van der Waals surface area contributed by atoms with Crippen LogP contribution in [-0.4, -0.2) is 19.1 Å². The zero-order valence-corrected chi connectivity index (χ0v) is 12.2. The van der Waals surface area contributed by atoms with E-state index in [0.717, 1.165) is 12.6 Å². The van der Waals surface area contributed by atoms with Gasteiger partial charge in [-0.25, -0.2) is 0 Å². The van der Waals surface area contributed by atoms with E-state index in [-0.39, 0.29) is 0 Å². The second kappa shape index (κ2) is 5.75. The smallest absolute Gasteiger partial charge is 0.0368 e. The molecule has 2 nitrogen and oxygen atoms in total. The summed E-state index contributed by atoms with van der Waals surface area (Å²) in [6.45, 7) is 7.75. The van der Waals surface area contributed by atoms with Gasteiger partial charge in [-0.05, 0) is 56.4 Å². The van der Waals surface area contributed by atoms with Crippen molar-refractivity contribution in [1.29, 1.82) is 0 Å². The molecular formula is C16H26N2. The Kier molecular flexibility index (Phi) is 4.28. The molecule has 0 aromatic heterocycles. The lowest BCUT2D eigenvalue weighted by molar-refractivity contribution is 0.662. The Bertz CT molecular complexity index is 396. The van der Waals surface area contributed by atoms with Crippen LogP contribution >= 0.6 is 0 Å². The molecule has 0 aliphatic heterocycles. The molecule has 1 aliphatic rings. The number of rotatable bonds is 6. The standard InChI is InChI=1S/C16H26N2/c1-5-13(3)18(4)16-9-6-14(12(2)10-16)11-17-15-7-8-15/h6,9-10,13,15,17H,5,7-8,11H2,1-4H3. The molecule has 1 aromatic carbocycles. The van der Waals surface area contributed by atoms with E-state index in [4.69, 9.17) is 0 Å². The molecule has 0 radical (unpaired) electrons. The van der Waals surface area contributed by atoms with Crippen LogP contribution < -0.4 is 10.2 Å². The third kappa shape index (κ3) is 3.26. The summed E-state index contributed by atoms with van der Waals surface area (Å²) < 4.78 is 0. The van der Waals surface area contributed by atoms with Gasteiger partial charge in [0, 0.05) is 31.4 Å². The Morgan fingerprint density at radius 2 is 2.11 bits per heavy atom. The van der Waals surface area contributed by atoms with E-state index < -0.39 is 0 Å². The van der Waals surface area contributed by atoms with Crippen molar-refractivity contribution in [3.8, 4) is 0 Å². The number of nitrogens with one attached hydrogen (secondary N) is 1. The third-order valence-corrected chi connectivity index (χ3v) is 4.14. The van der Waals surface area contributed by atoms with E-state index in [1.54, 1.807) is 0 Å². The first-order valence-corrected chi connectivity index (χ1v) is 7.17. The van der Waals surface area contributed by atoms with E-state index in [0.29, 0.717) is 6.04 Å². The fourth-order valence-corrected chi connectivity index (χ4v) is 2.17. The van der Waals surface area contributed by atoms with E-state index in [2.05, 4.69) is 56.2 Å². The van der Waals surface area contributed by atoms with Crippen molar-refractivity contribution >= 4 is 5.69 Å². The molecule has 0 saturated heterocycles. The highest BCUT2D eigenvalue weighted by Gasteiger charge is 2.20. The second-order valence-corrected chi connectivity index (χ2v) is 5.63. The molecular weight excluding hydrogens is 220 g/mol. The maximum atomic E-state index is 3.58. The molecule has 2 rings (SSSR count). The lowest BCUT2D eigenvalue weighted by Crippen LogP contribution is -2.28. The lowest BCUT2D eigenvalue weighted by Gasteiger charge is -2.26. The molecule has 1 aliphatic carbocycles. The van der Waals surface area contributed by atoms with Crippen LogP contribution in [0.25, 0.3) is 0 Å². The Hall–Kier alpha value is -1.02. The number of nitrogens with zero attached hydrogens (tertiary/aromatic N) is 1. The number of benzene rings is 1. The molecule has 2 heteroatoms. The summed E-state index contributed by atoms with van der Waals surface area (Å²) >= 11 is 0. The molecule has 1 fully saturated rings. The molecule has 1 saturated carbocycles. The van der Waals surface area contributed by atoms with Gasteiger partial charge in [0.05, 0.1) is 0 Å². The quantitative estimate of drug-likeness (QED) is 0.826. The van der Waals surface area contributed by atoms with Gasteiger partial charge in [0.25, 0.3) is 0 Å². The van der Waals surface area contributed by atoms with E-state index in [9.17, 15) is 0 Å². The largest absolute Gasteiger partial charge is 0.372 e. The summed E-state index contributed by atoms with van der Waals surface area (Å²) in [6.07, 6.45) is 3.89. The zero-order chi connectivity index (χ0) is 13.1. The minimum atomic E-state index is 0.597. The number of aryl methyl sites for hydroxylation is 1. The van der Waals surface area contributed by atoms with Gasteiger partial charge in [-0.15, -0.1) is 0 Å². The summed E-state index contributed by atoms with van der Waals surface area (Å²) in [5.74, 6) is 0. The van der Waals surface area contributed by atoms with Gasteiger partial charge in [-0.2, -0.15) is 0 Å².